The average Bonchev–Trinajstić information content (AvgIpc) is 2.98. The first-order valence-corrected chi connectivity index (χ1v) is 14.4. The molecular formula is C33H30ClN3O4S. The molecule has 0 unspecified atom stereocenters. The van der Waals surface area contributed by atoms with Gasteiger partial charge in [0.15, 0.2) is 0 Å². The minimum atomic E-state index is -0.465. The molecule has 3 N–H and O–H groups in total. The molecule has 0 atom stereocenters. The van der Waals surface area contributed by atoms with E-state index in [4.69, 9.17) is 16.3 Å². The van der Waals surface area contributed by atoms with E-state index in [9.17, 15) is 14.4 Å². The molecule has 0 saturated heterocycles. The molecule has 0 aromatic heterocycles. The van der Waals surface area contributed by atoms with Gasteiger partial charge in [0.05, 0.1) is 18.6 Å². The molecule has 0 aliphatic heterocycles. The van der Waals surface area contributed by atoms with E-state index in [1.165, 1.54) is 18.9 Å². The molecule has 42 heavy (non-hydrogen) atoms. The molecule has 0 bridgehead atoms. The molecule has 3 amide bonds. The molecule has 4 aromatic rings. The number of amides is 3. The Labute approximate surface area is 254 Å². The fourth-order valence-corrected chi connectivity index (χ4v) is 4.82. The van der Waals surface area contributed by atoms with E-state index in [-0.39, 0.29) is 23.3 Å². The van der Waals surface area contributed by atoms with Crippen LogP contribution in [0.3, 0.4) is 0 Å². The molecule has 0 heterocycles. The molecular weight excluding hydrogens is 570 g/mol. The first-order valence-electron chi connectivity index (χ1n) is 13.0. The van der Waals surface area contributed by atoms with E-state index >= 15 is 0 Å². The highest BCUT2D eigenvalue weighted by Crippen LogP contribution is 2.31. The third-order valence-electron chi connectivity index (χ3n) is 6.12. The number of rotatable bonds is 10. The van der Waals surface area contributed by atoms with Crippen molar-refractivity contribution in [2.75, 3.05) is 23.5 Å². The van der Waals surface area contributed by atoms with Crippen molar-refractivity contribution in [1.82, 2.24) is 5.32 Å². The summed E-state index contributed by atoms with van der Waals surface area (Å²) >= 11 is 7.50. The highest BCUT2D eigenvalue weighted by Gasteiger charge is 2.16. The molecule has 214 valence electrons. The number of thioether (sulfide) groups is 1. The zero-order valence-electron chi connectivity index (χ0n) is 23.4. The summed E-state index contributed by atoms with van der Waals surface area (Å²) in [5.41, 5.74) is 4.28. The highest BCUT2D eigenvalue weighted by molar-refractivity contribution is 8.00. The smallest absolute Gasteiger partial charge is 0.272 e. The molecule has 0 radical (unpaired) electrons. The van der Waals surface area contributed by atoms with Crippen molar-refractivity contribution in [3.8, 4) is 5.75 Å². The molecule has 0 aliphatic carbocycles. The SMILES string of the molecule is COc1cc(Cl)c(C)cc1NC(=O)CSc1ccc(NC(=O)/C(=C/c2cccc(C)c2)NC(=O)c2ccccc2)cc1. The largest absolute Gasteiger partial charge is 0.495 e. The maximum absolute atomic E-state index is 13.3. The molecule has 0 aliphatic rings. The van der Waals surface area contributed by atoms with Crippen LogP contribution in [0.15, 0.2) is 102 Å². The Morgan fingerprint density at radius 1 is 0.881 bits per heavy atom. The number of anilines is 2. The number of carbonyl (C=O) groups excluding carboxylic acids is 3. The molecule has 0 fully saturated rings. The number of ether oxygens (including phenoxy) is 1. The summed E-state index contributed by atoms with van der Waals surface area (Å²) in [6.45, 7) is 3.81. The highest BCUT2D eigenvalue weighted by atomic mass is 35.5. The van der Waals surface area contributed by atoms with Gasteiger partial charge in [-0.25, -0.2) is 0 Å². The van der Waals surface area contributed by atoms with Crippen LogP contribution in [0, 0.1) is 13.8 Å². The number of hydrogen-bond donors (Lipinski definition) is 3. The summed E-state index contributed by atoms with van der Waals surface area (Å²) < 4.78 is 5.32. The number of aryl methyl sites for hydroxylation is 2. The van der Waals surface area contributed by atoms with E-state index in [2.05, 4.69) is 16.0 Å². The minimum absolute atomic E-state index is 0.109. The number of carbonyl (C=O) groups is 3. The molecule has 7 nitrogen and oxygen atoms in total. The van der Waals surface area contributed by atoms with Crippen LogP contribution in [0.1, 0.15) is 27.0 Å². The number of halogens is 1. The summed E-state index contributed by atoms with van der Waals surface area (Å²) in [5.74, 6) is -0.392. The Morgan fingerprint density at radius 3 is 2.31 bits per heavy atom. The van der Waals surface area contributed by atoms with Crippen LogP contribution in [0.5, 0.6) is 5.75 Å². The summed E-state index contributed by atoms with van der Waals surface area (Å²) in [7, 11) is 1.52. The predicted octanol–water partition coefficient (Wildman–Crippen LogP) is 7.11. The van der Waals surface area contributed by atoms with Gasteiger partial charge in [0, 0.05) is 27.2 Å². The van der Waals surface area contributed by atoms with Crippen molar-refractivity contribution in [2.24, 2.45) is 0 Å². The topological polar surface area (TPSA) is 96.5 Å². The minimum Gasteiger partial charge on any atom is -0.495 e. The van der Waals surface area contributed by atoms with Gasteiger partial charge in [-0.3, -0.25) is 14.4 Å². The first-order chi connectivity index (χ1) is 20.2. The van der Waals surface area contributed by atoms with Gasteiger partial charge in [0.2, 0.25) is 5.91 Å². The van der Waals surface area contributed by atoms with Crippen molar-refractivity contribution in [1.29, 1.82) is 0 Å². The predicted molar refractivity (Wildman–Crippen MR) is 170 cm³/mol. The van der Waals surface area contributed by atoms with Crippen LogP contribution >= 0.6 is 23.4 Å². The lowest BCUT2D eigenvalue weighted by Gasteiger charge is -2.13. The normalized spacial score (nSPS) is 11.0. The fraction of sp³-hybridized carbons (Fsp3) is 0.121. The summed E-state index contributed by atoms with van der Waals surface area (Å²) in [6.07, 6.45) is 1.64. The summed E-state index contributed by atoms with van der Waals surface area (Å²) in [4.78, 5) is 39.5. The number of methoxy groups -OCH3 is 1. The standard InChI is InChI=1S/C33H30ClN3O4S/c1-21-8-7-9-23(16-21)18-29(37-32(39)24-10-5-4-6-11-24)33(40)35-25-12-14-26(15-13-25)42-20-31(38)36-28-17-22(2)27(34)19-30(28)41-3/h4-19H,20H2,1-3H3,(H,35,40)(H,36,38)(H,37,39)/b29-18-. The van der Waals surface area contributed by atoms with Crippen LogP contribution < -0.4 is 20.7 Å². The van der Waals surface area contributed by atoms with Gasteiger partial charge < -0.3 is 20.7 Å². The summed E-state index contributed by atoms with van der Waals surface area (Å²) in [5, 5.41) is 9.01. The third-order valence-corrected chi connectivity index (χ3v) is 7.54. The maximum Gasteiger partial charge on any atom is 0.272 e. The van der Waals surface area contributed by atoms with Crippen molar-refractivity contribution < 1.29 is 19.1 Å². The maximum atomic E-state index is 13.3. The Bertz CT molecular complexity index is 1620. The Balaban J connectivity index is 1.40. The van der Waals surface area contributed by atoms with E-state index in [1.54, 1.807) is 54.6 Å². The van der Waals surface area contributed by atoms with Gasteiger partial charge >= 0.3 is 0 Å². The molecule has 0 spiro atoms. The lowest BCUT2D eigenvalue weighted by molar-refractivity contribution is -0.114. The zero-order chi connectivity index (χ0) is 30.1. The van der Waals surface area contributed by atoms with E-state index in [0.717, 1.165) is 21.6 Å². The third kappa shape index (κ3) is 8.49. The van der Waals surface area contributed by atoms with Gasteiger partial charge in [-0.2, -0.15) is 0 Å². The average molecular weight is 600 g/mol. The van der Waals surface area contributed by atoms with Crippen molar-refractivity contribution >= 4 is 58.5 Å². The Kier molecular flexibility index (Phi) is 10.4. The molecule has 9 heteroatoms. The van der Waals surface area contributed by atoms with Crippen LogP contribution in [-0.2, 0) is 9.59 Å². The van der Waals surface area contributed by atoms with Gasteiger partial charge in [-0.05, 0) is 73.5 Å². The number of nitrogens with one attached hydrogen (secondary N) is 3. The van der Waals surface area contributed by atoms with Gasteiger partial charge in [0.1, 0.15) is 11.4 Å². The monoisotopic (exact) mass is 599 g/mol. The first kappa shape index (κ1) is 30.4. The van der Waals surface area contributed by atoms with Gasteiger partial charge in [0.25, 0.3) is 11.8 Å². The second kappa shape index (κ2) is 14.4. The van der Waals surface area contributed by atoms with E-state index in [0.29, 0.717) is 27.7 Å². The van der Waals surface area contributed by atoms with Crippen LogP contribution in [0.25, 0.3) is 6.08 Å². The lowest BCUT2D eigenvalue weighted by Crippen LogP contribution is -2.30. The van der Waals surface area contributed by atoms with E-state index < -0.39 is 5.91 Å². The van der Waals surface area contributed by atoms with Crippen LogP contribution in [0.4, 0.5) is 11.4 Å². The number of benzene rings is 4. The zero-order valence-corrected chi connectivity index (χ0v) is 24.9. The van der Waals surface area contributed by atoms with Crippen LogP contribution in [0.2, 0.25) is 5.02 Å². The van der Waals surface area contributed by atoms with Gasteiger partial charge in [-0.1, -0.05) is 59.6 Å². The Hall–Kier alpha value is -4.53. The summed E-state index contributed by atoms with van der Waals surface area (Å²) in [6, 6.07) is 26.9. The Morgan fingerprint density at radius 2 is 1.62 bits per heavy atom. The molecule has 0 saturated carbocycles. The quantitative estimate of drug-likeness (QED) is 0.133. The molecule has 4 rings (SSSR count). The fourth-order valence-electron chi connectivity index (χ4n) is 3.97. The molecule has 4 aromatic carbocycles. The van der Waals surface area contributed by atoms with E-state index in [1.807, 2.05) is 56.3 Å². The van der Waals surface area contributed by atoms with Crippen molar-refractivity contribution in [3.63, 3.8) is 0 Å². The second-order valence-electron chi connectivity index (χ2n) is 9.41. The second-order valence-corrected chi connectivity index (χ2v) is 10.9. The number of hydrogen-bond acceptors (Lipinski definition) is 5. The van der Waals surface area contributed by atoms with Crippen molar-refractivity contribution in [2.45, 2.75) is 18.7 Å². The lowest BCUT2D eigenvalue weighted by atomic mass is 10.1. The van der Waals surface area contributed by atoms with Gasteiger partial charge in [-0.15, -0.1) is 11.8 Å². The van der Waals surface area contributed by atoms with Crippen LogP contribution in [-0.4, -0.2) is 30.6 Å². The van der Waals surface area contributed by atoms with Crippen molar-refractivity contribution in [3.05, 3.63) is 124 Å².